The molecule has 2 fully saturated rings. The van der Waals surface area contributed by atoms with Crippen molar-refractivity contribution in [3.63, 3.8) is 0 Å². The second-order valence-electron chi connectivity index (χ2n) is 11.8. The van der Waals surface area contributed by atoms with E-state index in [9.17, 15) is 29.7 Å². The number of Topliss-reactive ketones (excluding diaryl/α,β-unsaturated/α-hetero) is 3. The maximum atomic E-state index is 14.2. The Balaban J connectivity index is 2.28. The number of rotatable bonds is 5. The van der Waals surface area contributed by atoms with Crippen molar-refractivity contribution >= 4 is 17.3 Å². The molecule has 3 rings (SSSR count). The SMILES string of the molecule is CC[C@@H](C)C(=O)C1=C(O)[C@@]2(C[C@@H]3[C@@H](CC[C@]3(C)O)[C@@](C)(O)C2)C(=O)[C@@](C)(CC=C(C)C)C1=O. The Labute approximate surface area is 197 Å². The molecule has 0 unspecified atom stereocenters. The van der Waals surface area contributed by atoms with Gasteiger partial charge in [0.2, 0.25) is 0 Å². The van der Waals surface area contributed by atoms with Crippen LogP contribution in [0.15, 0.2) is 23.0 Å². The zero-order valence-electron chi connectivity index (χ0n) is 21.1. The minimum atomic E-state index is -1.59. The van der Waals surface area contributed by atoms with Gasteiger partial charge in [-0.3, -0.25) is 14.4 Å². The summed E-state index contributed by atoms with van der Waals surface area (Å²) in [5.74, 6) is -3.22. The Bertz CT molecular complexity index is 934. The van der Waals surface area contributed by atoms with E-state index in [1.54, 1.807) is 27.7 Å². The predicted molar refractivity (Wildman–Crippen MR) is 125 cm³/mol. The number of carbonyl (C=O) groups is 3. The average molecular weight is 461 g/mol. The first-order valence-corrected chi connectivity index (χ1v) is 12.2. The summed E-state index contributed by atoms with van der Waals surface area (Å²) in [6.07, 6.45) is 3.56. The molecule has 7 atom stereocenters. The number of allylic oxidation sites excluding steroid dienone is 4. The van der Waals surface area contributed by atoms with Gasteiger partial charge in [0.25, 0.3) is 0 Å². The smallest absolute Gasteiger partial charge is 0.183 e. The topological polar surface area (TPSA) is 112 Å². The molecule has 3 N–H and O–H groups in total. The molecule has 0 aromatic carbocycles. The third kappa shape index (κ3) is 3.83. The Kier molecular flexibility index (Phi) is 6.38. The van der Waals surface area contributed by atoms with Crippen molar-refractivity contribution in [1.29, 1.82) is 0 Å². The van der Waals surface area contributed by atoms with E-state index in [4.69, 9.17) is 0 Å². The Hall–Kier alpha value is -1.79. The van der Waals surface area contributed by atoms with Crippen LogP contribution < -0.4 is 0 Å². The Morgan fingerprint density at radius 1 is 1.12 bits per heavy atom. The minimum absolute atomic E-state index is 0.0725. The first kappa shape index (κ1) is 25.8. The van der Waals surface area contributed by atoms with Gasteiger partial charge in [-0.25, -0.2) is 0 Å². The van der Waals surface area contributed by atoms with E-state index in [1.165, 1.54) is 0 Å². The molecule has 0 amide bonds. The van der Waals surface area contributed by atoms with Crippen LogP contribution in [-0.4, -0.2) is 43.9 Å². The molecule has 3 aliphatic rings. The van der Waals surface area contributed by atoms with Gasteiger partial charge in [0, 0.05) is 5.92 Å². The van der Waals surface area contributed by atoms with E-state index in [0.717, 1.165) is 5.57 Å². The fourth-order valence-electron chi connectivity index (χ4n) is 6.53. The number of carbonyl (C=O) groups excluding carboxylic acids is 3. The van der Waals surface area contributed by atoms with Crippen molar-refractivity contribution < 1.29 is 29.7 Å². The largest absolute Gasteiger partial charge is 0.510 e. The standard InChI is InChI=1S/C27H40O6/c1-8-16(4)20(28)19-21(29)24(5,11-9-15(2)3)23(31)27(22(19)30)13-18-17(26(7,33)14-27)10-12-25(18,6)32/h9,16-18,30,32-33H,8,10-14H2,1-7H3/t16-,17-,18-,24+,25+,26+,27+/m1/s1. The Morgan fingerprint density at radius 2 is 1.73 bits per heavy atom. The van der Waals surface area contributed by atoms with Crippen molar-refractivity contribution in [2.45, 2.75) is 98.2 Å². The molecule has 0 aliphatic heterocycles. The summed E-state index contributed by atoms with van der Waals surface area (Å²) in [6.45, 7) is 12.2. The second-order valence-corrected chi connectivity index (χ2v) is 11.8. The monoisotopic (exact) mass is 460 g/mol. The summed E-state index contributed by atoms with van der Waals surface area (Å²) in [7, 11) is 0. The number of ketones is 3. The zero-order chi connectivity index (χ0) is 25.1. The van der Waals surface area contributed by atoms with Crippen molar-refractivity contribution in [3.05, 3.63) is 23.0 Å². The van der Waals surface area contributed by atoms with Gasteiger partial charge in [-0.2, -0.15) is 0 Å². The lowest BCUT2D eigenvalue weighted by molar-refractivity contribution is -0.167. The molecule has 184 valence electrons. The number of aliphatic hydroxyl groups excluding tert-OH is 1. The fraction of sp³-hybridized carbons (Fsp3) is 0.741. The predicted octanol–water partition coefficient (Wildman–Crippen LogP) is 4.24. The summed E-state index contributed by atoms with van der Waals surface area (Å²) < 4.78 is 0. The van der Waals surface area contributed by atoms with Crippen molar-refractivity contribution in [2.24, 2.45) is 28.6 Å². The minimum Gasteiger partial charge on any atom is -0.510 e. The summed E-state index contributed by atoms with van der Waals surface area (Å²) in [5, 5.41) is 34.1. The molecule has 33 heavy (non-hydrogen) atoms. The highest BCUT2D eigenvalue weighted by atomic mass is 16.3. The van der Waals surface area contributed by atoms with E-state index in [1.807, 2.05) is 26.8 Å². The molecule has 0 aromatic heterocycles. The lowest BCUT2D eigenvalue weighted by Gasteiger charge is -2.54. The summed E-state index contributed by atoms with van der Waals surface area (Å²) in [4.78, 5) is 41.2. The highest BCUT2D eigenvalue weighted by Gasteiger charge is 2.68. The van der Waals surface area contributed by atoms with Crippen molar-refractivity contribution in [2.75, 3.05) is 0 Å². The quantitative estimate of drug-likeness (QED) is 0.321. The molecule has 0 heterocycles. The molecule has 3 aliphatic carbocycles. The second kappa shape index (κ2) is 8.16. The molecule has 6 nitrogen and oxygen atoms in total. The third-order valence-electron chi connectivity index (χ3n) is 8.85. The number of hydrogen-bond donors (Lipinski definition) is 3. The van der Waals surface area contributed by atoms with E-state index in [-0.39, 0.29) is 30.8 Å². The van der Waals surface area contributed by atoms with E-state index in [2.05, 4.69) is 0 Å². The van der Waals surface area contributed by atoms with E-state index >= 15 is 0 Å². The van der Waals surface area contributed by atoms with Crippen LogP contribution in [0, 0.1) is 28.6 Å². The van der Waals surface area contributed by atoms with Gasteiger partial charge in [-0.1, -0.05) is 25.5 Å². The molecule has 1 spiro atoms. The van der Waals surface area contributed by atoms with Crippen LogP contribution in [0.1, 0.15) is 87.0 Å². The van der Waals surface area contributed by atoms with Gasteiger partial charge in [0.1, 0.15) is 11.3 Å². The maximum Gasteiger partial charge on any atom is 0.183 e. The zero-order valence-corrected chi connectivity index (χ0v) is 21.1. The van der Waals surface area contributed by atoms with Crippen molar-refractivity contribution in [3.8, 4) is 0 Å². The molecule has 0 radical (unpaired) electrons. The third-order valence-corrected chi connectivity index (χ3v) is 8.85. The van der Waals surface area contributed by atoms with E-state index in [0.29, 0.717) is 19.3 Å². The molecular weight excluding hydrogens is 420 g/mol. The van der Waals surface area contributed by atoms with Gasteiger partial charge >= 0.3 is 0 Å². The van der Waals surface area contributed by atoms with Crippen LogP contribution in [0.3, 0.4) is 0 Å². The van der Waals surface area contributed by atoms with Crippen LogP contribution in [0.4, 0.5) is 0 Å². The first-order valence-electron chi connectivity index (χ1n) is 12.2. The number of hydrogen-bond acceptors (Lipinski definition) is 6. The van der Waals surface area contributed by atoms with Crippen molar-refractivity contribution in [1.82, 2.24) is 0 Å². The highest BCUT2D eigenvalue weighted by Crippen LogP contribution is 2.62. The highest BCUT2D eigenvalue weighted by molar-refractivity contribution is 6.31. The van der Waals surface area contributed by atoms with Gasteiger partial charge < -0.3 is 15.3 Å². The summed E-state index contributed by atoms with van der Waals surface area (Å²) in [6, 6.07) is 0. The summed E-state index contributed by atoms with van der Waals surface area (Å²) >= 11 is 0. The van der Waals surface area contributed by atoms with Crippen LogP contribution in [-0.2, 0) is 14.4 Å². The van der Waals surface area contributed by atoms with Gasteiger partial charge in [0.05, 0.1) is 22.0 Å². The van der Waals surface area contributed by atoms with Crippen LogP contribution >= 0.6 is 0 Å². The molecule has 0 bridgehead atoms. The lowest BCUT2D eigenvalue weighted by Crippen LogP contribution is -2.61. The van der Waals surface area contributed by atoms with Crippen LogP contribution in [0.5, 0.6) is 0 Å². The number of fused-ring (bicyclic) bond motifs is 1. The number of aliphatic hydroxyl groups is 3. The van der Waals surface area contributed by atoms with Gasteiger partial charge in [0.15, 0.2) is 17.3 Å². The molecule has 6 heteroatoms. The summed E-state index contributed by atoms with van der Waals surface area (Å²) in [5.41, 5.74) is -4.92. The van der Waals surface area contributed by atoms with E-state index < -0.39 is 57.0 Å². The fourth-order valence-corrected chi connectivity index (χ4v) is 6.53. The van der Waals surface area contributed by atoms with Gasteiger partial charge in [-0.15, -0.1) is 0 Å². The Morgan fingerprint density at radius 3 is 2.27 bits per heavy atom. The molecule has 2 saturated carbocycles. The molecular formula is C27H40O6. The average Bonchev–Trinajstić information content (AvgIpc) is 3.04. The normalized spacial score (nSPS) is 41.8. The maximum absolute atomic E-state index is 14.2. The molecule has 0 saturated heterocycles. The molecule has 0 aromatic rings. The lowest BCUT2D eigenvalue weighted by atomic mass is 9.49. The van der Waals surface area contributed by atoms with Gasteiger partial charge in [-0.05, 0) is 85.0 Å². The first-order chi connectivity index (χ1) is 15.0. The van der Waals surface area contributed by atoms with Crippen LogP contribution in [0.2, 0.25) is 0 Å². The van der Waals surface area contributed by atoms with Crippen LogP contribution in [0.25, 0.3) is 0 Å².